The highest BCUT2D eigenvalue weighted by Gasteiger charge is 2.05. The van der Waals surface area contributed by atoms with Crippen LogP contribution in [0.1, 0.15) is 5.56 Å². The first kappa shape index (κ1) is 16.4. The van der Waals surface area contributed by atoms with E-state index in [0.717, 1.165) is 5.56 Å². The number of benzene rings is 3. The third kappa shape index (κ3) is 3.69. The Kier molecular flexibility index (Phi) is 5.36. The summed E-state index contributed by atoms with van der Waals surface area (Å²) in [5.74, 6) is 0. The molecule has 0 fully saturated rings. The number of hydrazone groups is 1. The van der Waals surface area contributed by atoms with E-state index in [1.807, 2.05) is 30.5 Å². The Bertz CT molecular complexity index is 838. The molecule has 24 heavy (non-hydrogen) atoms. The lowest BCUT2D eigenvalue weighted by Crippen LogP contribution is -2.34. The van der Waals surface area contributed by atoms with Gasteiger partial charge in [0.25, 0.3) is 0 Å². The number of hydrogen-bond acceptors (Lipinski definition) is 3. The van der Waals surface area contributed by atoms with Crippen LogP contribution in [0, 0.1) is 0 Å². The molecule has 0 bridgehead atoms. The third-order valence-electron chi connectivity index (χ3n) is 3.76. The molecule has 0 saturated heterocycles. The van der Waals surface area contributed by atoms with E-state index in [-0.39, 0.29) is 0 Å². The van der Waals surface area contributed by atoms with Crippen LogP contribution in [0.2, 0.25) is 0 Å². The maximum Gasteiger partial charge on any atom is 0.187 e. The van der Waals surface area contributed by atoms with E-state index >= 15 is 0 Å². The largest absolute Gasteiger partial charge is 0.383 e. The predicted octanol–water partition coefficient (Wildman–Crippen LogP) is 3.44. The van der Waals surface area contributed by atoms with Crippen LogP contribution in [-0.2, 0) is 4.74 Å². The minimum Gasteiger partial charge on any atom is -0.383 e. The second kappa shape index (κ2) is 7.86. The lowest BCUT2D eigenvalue weighted by Gasteiger charge is -2.09. The van der Waals surface area contributed by atoms with Crippen LogP contribution >= 0.6 is 12.2 Å². The average Bonchev–Trinajstić information content (AvgIpc) is 2.61. The van der Waals surface area contributed by atoms with Crippen LogP contribution in [0.3, 0.4) is 0 Å². The fraction of sp³-hybridized carbons (Fsp3) is 0.158. The van der Waals surface area contributed by atoms with E-state index < -0.39 is 0 Å². The highest BCUT2D eigenvalue weighted by molar-refractivity contribution is 7.80. The first-order valence-corrected chi connectivity index (χ1v) is 8.17. The van der Waals surface area contributed by atoms with Gasteiger partial charge in [0.05, 0.1) is 12.8 Å². The van der Waals surface area contributed by atoms with Crippen molar-refractivity contribution in [2.45, 2.75) is 0 Å². The number of methoxy groups -OCH3 is 1. The van der Waals surface area contributed by atoms with Crippen LogP contribution in [0.4, 0.5) is 0 Å². The van der Waals surface area contributed by atoms with E-state index in [4.69, 9.17) is 17.0 Å². The van der Waals surface area contributed by atoms with Crippen LogP contribution in [-0.4, -0.2) is 31.6 Å². The van der Waals surface area contributed by atoms with Gasteiger partial charge in [0, 0.05) is 19.2 Å². The maximum atomic E-state index is 5.18. The molecule has 3 aromatic rings. The third-order valence-corrected chi connectivity index (χ3v) is 4.00. The predicted molar refractivity (Wildman–Crippen MR) is 105 cm³/mol. The summed E-state index contributed by atoms with van der Waals surface area (Å²) < 4.78 is 4.97. The Hall–Kier alpha value is -2.50. The van der Waals surface area contributed by atoms with Gasteiger partial charge in [-0.1, -0.05) is 48.5 Å². The summed E-state index contributed by atoms with van der Waals surface area (Å²) in [5, 5.41) is 12.5. The van der Waals surface area contributed by atoms with Crippen molar-refractivity contribution < 1.29 is 4.74 Å². The fourth-order valence-corrected chi connectivity index (χ4v) is 2.80. The molecule has 4 nitrogen and oxygen atoms in total. The van der Waals surface area contributed by atoms with Crippen molar-refractivity contribution in [1.82, 2.24) is 10.7 Å². The highest BCUT2D eigenvalue weighted by atomic mass is 32.1. The molecule has 2 N–H and O–H groups in total. The van der Waals surface area contributed by atoms with Crippen molar-refractivity contribution >= 4 is 45.1 Å². The second-order valence-electron chi connectivity index (χ2n) is 5.35. The van der Waals surface area contributed by atoms with Crippen molar-refractivity contribution in [3.05, 3.63) is 60.2 Å². The summed E-state index contributed by atoms with van der Waals surface area (Å²) in [4.78, 5) is 0. The van der Waals surface area contributed by atoms with Crippen molar-refractivity contribution in [2.24, 2.45) is 5.10 Å². The molecule has 3 rings (SSSR count). The summed E-state index contributed by atoms with van der Waals surface area (Å²) in [7, 11) is 1.65. The van der Waals surface area contributed by atoms with Gasteiger partial charge in [-0.25, -0.2) is 0 Å². The zero-order valence-corrected chi connectivity index (χ0v) is 14.3. The molecule has 3 aromatic carbocycles. The number of fused-ring (bicyclic) bond motifs is 2. The number of ether oxygens (including phenoxy) is 1. The molecular formula is C19H19N3OS. The molecule has 0 atom stereocenters. The van der Waals surface area contributed by atoms with E-state index in [2.05, 4.69) is 46.2 Å². The first-order valence-electron chi connectivity index (χ1n) is 7.76. The molecule has 5 heteroatoms. The molecule has 0 aliphatic carbocycles. The summed E-state index contributed by atoms with van der Waals surface area (Å²) in [5.41, 5.74) is 3.93. The van der Waals surface area contributed by atoms with Crippen LogP contribution < -0.4 is 10.7 Å². The van der Waals surface area contributed by atoms with E-state index in [0.29, 0.717) is 18.3 Å². The van der Waals surface area contributed by atoms with E-state index in [9.17, 15) is 0 Å². The molecule has 122 valence electrons. The van der Waals surface area contributed by atoms with Crippen LogP contribution in [0.25, 0.3) is 21.5 Å². The molecule has 0 saturated carbocycles. The normalized spacial score (nSPS) is 11.2. The molecule has 0 aliphatic rings. The number of rotatable bonds is 5. The molecule has 0 aromatic heterocycles. The summed E-state index contributed by atoms with van der Waals surface area (Å²) in [6, 6.07) is 18.8. The van der Waals surface area contributed by atoms with Gasteiger partial charge in [0.1, 0.15) is 0 Å². The standard InChI is InChI=1S/C19H19N3OS/c1-23-11-10-20-19(24)22-21-13-18-16-8-4-2-6-14(16)12-15-7-3-5-9-17(15)18/h2-9,12-13H,10-11H2,1H3,(H2,20,22,24)/b21-13-. The summed E-state index contributed by atoms with van der Waals surface area (Å²) in [6.07, 6.45) is 1.83. The highest BCUT2D eigenvalue weighted by Crippen LogP contribution is 2.27. The van der Waals surface area contributed by atoms with Gasteiger partial charge < -0.3 is 10.1 Å². The SMILES string of the molecule is COCCNC(=S)N/N=C\c1c2ccccc2cc2ccccc12. The minimum absolute atomic E-state index is 0.479. The van der Waals surface area contributed by atoms with Gasteiger partial charge in [0.15, 0.2) is 5.11 Å². The minimum atomic E-state index is 0.479. The molecule has 0 amide bonds. The second-order valence-corrected chi connectivity index (χ2v) is 5.76. The lowest BCUT2D eigenvalue weighted by atomic mass is 9.97. The van der Waals surface area contributed by atoms with Crippen LogP contribution in [0.5, 0.6) is 0 Å². The van der Waals surface area contributed by atoms with Gasteiger partial charge in [-0.15, -0.1) is 0 Å². The molecular weight excluding hydrogens is 318 g/mol. The van der Waals surface area contributed by atoms with Gasteiger partial charge in [-0.05, 0) is 39.8 Å². The Balaban J connectivity index is 1.89. The van der Waals surface area contributed by atoms with E-state index in [1.165, 1.54) is 21.5 Å². The smallest absolute Gasteiger partial charge is 0.187 e. The van der Waals surface area contributed by atoms with Crippen molar-refractivity contribution in [2.75, 3.05) is 20.3 Å². The molecule has 0 heterocycles. The van der Waals surface area contributed by atoms with Gasteiger partial charge >= 0.3 is 0 Å². The Morgan fingerprint density at radius 2 is 1.71 bits per heavy atom. The molecule has 0 spiro atoms. The maximum absolute atomic E-state index is 5.18. The summed E-state index contributed by atoms with van der Waals surface area (Å²) in [6.45, 7) is 1.24. The summed E-state index contributed by atoms with van der Waals surface area (Å²) >= 11 is 5.18. The quantitative estimate of drug-likeness (QED) is 0.246. The van der Waals surface area contributed by atoms with Crippen LogP contribution in [0.15, 0.2) is 59.7 Å². The topological polar surface area (TPSA) is 45.6 Å². The van der Waals surface area contributed by atoms with Crippen molar-refractivity contribution in [1.29, 1.82) is 0 Å². The monoisotopic (exact) mass is 337 g/mol. The van der Waals surface area contributed by atoms with Gasteiger partial charge in [-0.2, -0.15) is 5.10 Å². The average molecular weight is 337 g/mol. The lowest BCUT2D eigenvalue weighted by molar-refractivity contribution is 0.204. The molecule has 0 unspecified atom stereocenters. The number of thiocarbonyl (C=S) groups is 1. The number of nitrogens with one attached hydrogen (secondary N) is 2. The Labute approximate surface area is 146 Å². The Morgan fingerprint density at radius 3 is 2.33 bits per heavy atom. The number of hydrogen-bond donors (Lipinski definition) is 2. The molecule has 0 aliphatic heterocycles. The number of nitrogens with zero attached hydrogens (tertiary/aromatic N) is 1. The molecule has 0 radical (unpaired) electrons. The van der Waals surface area contributed by atoms with Crippen molar-refractivity contribution in [3.8, 4) is 0 Å². The van der Waals surface area contributed by atoms with Crippen molar-refractivity contribution in [3.63, 3.8) is 0 Å². The zero-order chi connectivity index (χ0) is 16.8. The Morgan fingerprint density at radius 1 is 1.08 bits per heavy atom. The zero-order valence-electron chi connectivity index (χ0n) is 13.5. The fourth-order valence-electron chi connectivity index (χ4n) is 2.65. The van der Waals surface area contributed by atoms with Gasteiger partial charge in [-0.3, -0.25) is 5.43 Å². The first-order chi connectivity index (χ1) is 11.8. The van der Waals surface area contributed by atoms with Gasteiger partial charge in [0.2, 0.25) is 0 Å². The van der Waals surface area contributed by atoms with E-state index in [1.54, 1.807) is 7.11 Å².